The van der Waals surface area contributed by atoms with Crippen molar-refractivity contribution in [2.45, 2.75) is 32.2 Å². The van der Waals surface area contributed by atoms with E-state index in [0.29, 0.717) is 44.8 Å². The smallest absolute Gasteiger partial charge is 0.247 e. The Bertz CT molecular complexity index is 1160. The van der Waals surface area contributed by atoms with Gasteiger partial charge in [0.1, 0.15) is 17.4 Å². The third-order valence-corrected chi connectivity index (χ3v) is 6.26. The second-order valence-corrected chi connectivity index (χ2v) is 8.74. The molecule has 1 aromatic heterocycles. The molecule has 184 valence electrons. The van der Waals surface area contributed by atoms with Gasteiger partial charge in [-0.2, -0.15) is 5.26 Å². The van der Waals surface area contributed by atoms with Gasteiger partial charge in [-0.25, -0.2) is 4.99 Å². The summed E-state index contributed by atoms with van der Waals surface area (Å²) in [5.41, 5.74) is 1.45. The molecule has 0 bridgehead atoms. The Kier molecular flexibility index (Phi) is 7.50. The first-order chi connectivity index (χ1) is 17.0. The Morgan fingerprint density at radius 2 is 2.03 bits per heavy atom. The van der Waals surface area contributed by atoms with Crippen molar-refractivity contribution >= 4 is 40.8 Å². The van der Waals surface area contributed by atoms with Crippen LogP contribution in [0.15, 0.2) is 33.7 Å². The summed E-state index contributed by atoms with van der Waals surface area (Å²) in [7, 11) is 0. The molecule has 1 aromatic carbocycles. The van der Waals surface area contributed by atoms with E-state index in [9.17, 15) is 19.6 Å². The summed E-state index contributed by atoms with van der Waals surface area (Å²) < 4.78 is 5.60. The van der Waals surface area contributed by atoms with E-state index in [-0.39, 0.29) is 24.3 Å². The third-order valence-electron chi connectivity index (χ3n) is 6.26. The first-order valence-electron chi connectivity index (χ1n) is 11.7. The molecule has 1 unspecified atom stereocenters. The number of furan rings is 1. The highest BCUT2D eigenvalue weighted by atomic mass is 16.3. The molecule has 11 nitrogen and oxygen atoms in total. The highest BCUT2D eigenvalue weighted by Crippen LogP contribution is 2.23. The van der Waals surface area contributed by atoms with Crippen LogP contribution in [0.4, 0.5) is 5.69 Å². The van der Waals surface area contributed by atoms with Crippen molar-refractivity contribution in [2.75, 3.05) is 44.6 Å². The molecule has 2 aromatic rings. The number of nitrogens with one attached hydrogen (secondary N) is 2. The fourth-order valence-electron chi connectivity index (χ4n) is 4.40. The number of guanidine groups is 1. The largest absolute Gasteiger partial charge is 0.461 e. The number of nitriles is 1. The van der Waals surface area contributed by atoms with Crippen molar-refractivity contribution in [3.8, 4) is 6.19 Å². The van der Waals surface area contributed by atoms with Gasteiger partial charge < -0.3 is 24.4 Å². The van der Waals surface area contributed by atoms with E-state index < -0.39 is 6.04 Å². The summed E-state index contributed by atoms with van der Waals surface area (Å²) in [4.78, 5) is 46.4. The first-order valence-corrected chi connectivity index (χ1v) is 11.7. The second-order valence-electron chi connectivity index (χ2n) is 8.74. The van der Waals surface area contributed by atoms with Gasteiger partial charge in [-0.3, -0.25) is 19.7 Å². The van der Waals surface area contributed by atoms with Crippen LogP contribution >= 0.6 is 0 Å². The second kappa shape index (κ2) is 10.9. The molecule has 1 atom stereocenters. The van der Waals surface area contributed by atoms with Crippen molar-refractivity contribution in [1.82, 2.24) is 20.0 Å². The number of piperazine rings is 1. The SMILES string of the molecule is Cc1cc2cc(NC(=NC3CCCCN(CC(=O)N4CCN(C=O)CC4)C3=O)NC#N)ccc2o1. The van der Waals surface area contributed by atoms with Crippen LogP contribution in [-0.2, 0) is 14.4 Å². The van der Waals surface area contributed by atoms with Crippen LogP contribution in [-0.4, -0.2) is 84.2 Å². The quantitative estimate of drug-likeness (QED) is 0.217. The molecule has 3 amide bonds. The number of benzene rings is 1. The number of carbonyl (C=O) groups excluding carboxylic acids is 3. The molecular weight excluding hydrogens is 450 g/mol. The Morgan fingerprint density at radius 1 is 1.23 bits per heavy atom. The number of anilines is 1. The number of hydrogen-bond acceptors (Lipinski definition) is 6. The minimum atomic E-state index is -0.708. The van der Waals surface area contributed by atoms with Gasteiger partial charge in [0, 0.05) is 43.8 Å². The predicted octanol–water partition coefficient (Wildman–Crippen LogP) is 1.26. The van der Waals surface area contributed by atoms with E-state index in [0.717, 1.165) is 36.0 Å². The molecule has 11 heteroatoms. The average molecular weight is 480 g/mol. The summed E-state index contributed by atoms with van der Waals surface area (Å²) >= 11 is 0. The fourth-order valence-corrected chi connectivity index (χ4v) is 4.40. The summed E-state index contributed by atoms with van der Waals surface area (Å²) in [6.07, 6.45) is 4.74. The molecule has 2 saturated heterocycles. The standard InChI is InChI=1S/C24H29N7O4/c1-17-12-18-13-19(5-6-21(18)35-17)27-24(26-15-25)28-20-4-2-3-7-31(23(20)34)14-22(33)30-10-8-29(16-32)9-11-30/h5-6,12-13,16,20H,2-4,7-11,14H2,1H3,(H2,26,27,28). The maximum atomic E-state index is 13.3. The fraction of sp³-hybridized carbons (Fsp3) is 0.458. The molecule has 2 N–H and O–H groups in total. The van der Waals surface area contributed by atoms with Gasteiger partial charge in [-0.1, -0.05) is 0 Å². The van der Waals surface area contributed by atoms with Crippen LogP contribution in [0.25, 0.3) is 11.0 Å². The lowest BCUT2D eigenvalue weighted by Crippen LogP contribution is -2.52. The van der Waals surface area contributed by atoms with Gasteiger partial charge >= 0.3 is 0 Å². The molecule has 2 fully saturated rings. The molecule has 0 radical (unpaired) electrons. The molecule has 0 saturated carbocycles. The highest BCUT2D eigenvalue weighted by molar-refractivity contribution is 5.98. The number of fused-ring (bicyclic) bond motifs is 1. The van der Waals surface area contributed by atoms with Crippen LogP contribution in [0.5, 0.6) is 0 Å². The number of carbonyl (C=O) groups is 3. The van der Waals surface area contributed by atoms with E-state index in [1.807, 2.05) is 37.4 Å². The normalized spacial score (nSPS) is 19.3. The van der Waals surface area contributed by atoms with E-state index in [1.54, 1.807) is 14.7 Å². The lowest BCUT2D eigenvalue weighted by molar-refractivity contribution is -0.142. The van der Waals surface area contributed by atoms with Crippen LogP contribution in [0.1, 0.15) is 25.0 Å². The number of hydrogen-bond donors (Lipinski definition) is 2. The molecule has 2 aliphatic heterocycles. The van der Waals surface area contributed by atoms with Gasteiger partial charge in [-0.15, -0.1) is 0 Å². The van der Waals surface area contributed by atoms with Gasteiger partial charge in [0.2, 0.25) is 24.2 Å². The number of aliphatic imine (C=N–C) groups is 1. The van der Waals surface area contributed by atoms with E-state index in [1.165, 1.54) is 0 Å². The molecule has 3 heterocycles. The summed E-state index contributed by atoms with van der Waals surface area (Å²) in [5, 5.41) is 15.7. The highest BCUT2D eigenvalue weighted by Gasteiger charge is 2.30. The number of nitrogens with zero attached hydrogens (tertiary/aromatic N) is 5. The van der Waals surface area contributed by atoms with Crippen molar-refractivity contribution < 1.29 is 18.8 Å². The Hall–Kier alpha value is -4.07. The van der Waals surface area contributed by atoms with Crippen LogP contribution in [0.2, 0.25) is 0 Å². The van der Waals surface area contributed by atoms with Crippen molar-refractivity contribution in [1.29, 1.82) is 5.26 Å². The summed E-state index contributed by atoms with van der Waals surface area (Å²) in [6, 6.07) is 6.72. The first kappa shape index (κ1) is 24.1. The molecule has 0 aliphatic carbocycles. The van der Waals surface area contributed by atoms with Gasteiger partial charge in [0.15, 0.2) is 6.19 Å². The Balaban J connectivity index is 1.45. The van der Waals surface area contributed by atoms with Gasteiger partial charge in [0.25, 0.3) is 0 Å². The number of amides is 3. The molecule has 35 heavy (non-hydrogen) atoms. The van der Waals surface area contributed by atoms with E-state index in [2.05, 4.69) is 15.6 Å². The van der Waals surface area contributed by atoms with Gasteiger partial charge in [-0.05, 0) is 50.5 Å². The molecule has 0 spiro atoms. The predicted molar refractivity (Wildman–Crippen MR) is 129 cm³/mol. The minimum absolute atomic E-state index is 0.0170. The Morgan fingerprint density at radius 3 is 2.77 bits per heavy atom. The zero-order chi connectivity index (χ0) is 24.8. The van der Waals surface area contributed by atoms with E-state index in [4.69, 9.17) is 4.42 Å². The van der Waals surface area contributed by atoms with Crippen LogP contribution in [0, 0.1) is 18.4 Å². The van der Waals surface area contributed by atoms with Crippen LogP contribution < -0.4 is 10.6 Å². The number of aryl methyl sites for hydroxylation is 1. The summed E-state index contributed by atoms with van der Waals surface area (Å²) in [6.45, 7) is 4.25. The molecule has 2 aliphatic rings. The number of rotatable bonds is 5. The minimum Gasteiger partial charge on any atom is -0.461 e. The van der Waals surface area contributed by atoms with E-state index >= 15 is 0 Å². The van der Waals surface area contributed by atoms with Gasteiger partial charge in [0.05, 0.1) is 6.54 Å². The molecule has 4 rings (SSSR count). The monoisotopic (exact) mass is 479 g/mol. The maximum absolute atomic E-state index is 13.3. The Labute approximate surface area is 203 Å². The van der Waals surface area contributed by atoms with Crippen molar-refractivity contribution in [2.24, 2.45) is 4.99 Å². The topological polar surface area (TPSA) is 134 Å². The van der Waals surface area contributed by atoms with Crippen molar-refractivity contribution in [3.05, 3.63) is 30.0 Å². The zero-order valence-corrected chi connectivity index (χ0v) is 19.7. The van der Waals surface area contributed by atoms with Crippen LogP contribution in [0.3, 0.4) is 0 Å². The average Bonchev–Trinajstić information content (AvgIpc) is 3.15. The van der Waals surface area contributed by atoms with Crippen molar-refractivity contribution in [3.63, 3.8) is 0 Å². The maximum Gasteiger partial charge on any atom is 0.247 e. The third kappa shape index (κ3) is 5.90. The summed E-state index contributed by atoms with van der Waals surface area (Å²) in [5.74, 6) is 0.599. The zero-order valence-electron chi connectivity index (χ0n) is 19.7. The number of likely N-dealkylation sites (tertiary alicyclic amines) is 1. The lowest BCUT2D eigenvalue weighted by atomic mass is 10.1. The molecular formula is C24H29N7O4. The lowest BCUT2D eigenvalue weighted by Gasteiger charge is -2.34.